The van der Waals surface area contributed by atoms with Gasteiger partial charge in [0.05, 0.1) is 6.20 Å². The first-order valence-electron chi connectivity index (χ1n) is 5.23. The van der Waals surface area contributed by atoms with Crippen molar-refractivity contribution in [2.45, 2.75) is 39.2 Å². The fourth-order valence-corrected chi connectivity index (χ4v) is 1.54. The quantitative estimate of drug-likeness (QED) is 0.668. The first kappa shape index (κ1) is 9.37. The minimum absolute atomic E-state index is 0.200. The van der Waals surface area contributed by atoms with Crippen molar-refractivity contribution >= 4 is 5.78 Å². The van der Waals surface area contributed by atoms with Gasteiger partial charge in [0.25, 0.3) is 0 Å². The number of carbonyl (C=O) groups is 1. The van der Waals surface area contributed by atoms with Gasteiger partial charge in [-0.1, -0.05) is 12.1 Å². The van der Waals surface area contributed by atoms with E-state index >= 15 is 0 Å². The molecule has 0 spiro atoms. The largest absolute Gasteiger partial charge is 0.292 e. The molecule has 1 aromatic rings. The first-order valence-corrected chi connectivity index (χ1v) is 5.23. The lowest BCUT2D eigenvalue weighted by molar-refractivity contribution is 0.0965. The average molecular weight is 193 g/mol. The summed E-state index contributed by atoms with van der Waals surface area (Å²) in [5, 5.41) is 7.68. The van der Waals surface area contributed by atoms with E-state index in [1.165, 1.54) is 12.8 Å². The van der Waals surface area contributed by atoms with Crippen LogP contribution < -0.4 is 0 Å². The smallest absolute Gasteiger partial charge is 0.182 e. The fraction of sp³-hybridized carbons (Fsp3) is 0.700. The molecule has 4 heteroatoms. The van der Waals surface area contributed by atoms with Crippen LogP contribution in [0.5, 0.6) is 0 Å². The lowest BCUT2D eigenvalue weighted by atomic mass is 10.1. The lowest BCUT2D eigenvalue weighted by Gasteiger charge is -2.02. The van der Waals surface area contributed by atoms with E-state index in [9.17, 15) is 4.79 Å². The molecule has 0 unspecified atom stereocenters. The molecule has 1 heterocycles. The molecule has 1 aliphatic carbocycles. The Hall–Kier alpha value is -1.19. The first-order chi connectivity index (χ1) is 6.81. The Morgan fingerprint density at radius 1 is 1.64 bits per heavy atom. The summed E-state index contributed by atoms with van der Waals surface area (Å²) in [6, 6.07) is 0. The molecule has 0 aliphatic heterocycles. The second kappa shape index (κ2) is 3.90. The highest BCUT2D eigenvalue weighted by Crippen LogP contribution is 2.33. The van der Waals surface area contributed by atoms with Gasteiger partial charge in [0.2, 0.25) is 0 Å². The van der Waals surface area contributed by atoms with Crippen LogP contribution in [0.15, 0.2) is 6.20 Å². The standard InChI is InChI=1S/C10H15N3O/c1-2-5-13-9(7-11-12-13)10(14)6-8-3-4-8/h7-8H,2-6H2,1H3. The molecule has 76 valence electrons. The van der Waals surface area contributed by atoms with Crippen molar-refractivity contribution in [2.24, 2.45) is 5.92 Å². The predicted octanol–water partition coefficient (Wildman–Crippen LogP) is 1.67. The molecule has 0 amide bonds. The molecular formula is C10H15N3O. The monoisotopic (exact) mass is 193 g/mol. The summed E-state index contributed by atoms with van der Waals surface area (Å²) in [6.45, 7) is 2.85. The van der Waals surface area contributed by atoms with Crippen molar-refractivity contribution in [3.63, 3.8) is 0 Å². The minimum Gasteiger partial charge on any atom is -0.292 e. The van der Waals surface area contributed by atoms with E-state index in [0.29, 0.717) is 18.0 Å². The van der Waals surface area contributed by atoms with Gasteiger partial charge in [0, 0.05) is 13.0 Å². The van der Waals surface area contributed by atoms with E-state index in [1.807, 2.05) is 0 Å². The third-order valence-electron chi connectivity index (χ3n) is 2.51. The van der Waals surface area contributed by atoms with Crippen molar-refractivity contribution < 1.29 is 4.79 Å². The number of rotatable bonds is 5. The maximum absolute atomic E-state index is 11.8. The summed E-state index contributed by atoms with van der Waals surface area (Å²) in [6.07, 6.45) is 5.66. The van der Waals surface area contributed by atoms with Crippen molar-refractivity contribution in [1.82, 2.24) is 15.0 Å². The summed E-state index contributed by atoms with van der Waals surface area (Å²) in [5.41, 5.74) is 0.679. The Labute approximate surface area is 83.3 Å². The highest BCUT2D eigenvalue weighted by molar-refractivity contribution is 5.94. The minimum atomic E-state index is 0.200. The van der Waals surface area contributed by atoms with Gasteiger partial charge in [-0.25, -0.2) is 4.68 Å². The zero-order chi connectivity index (χ0) is 9.97. The van der Waals surface area contributed by atoms with Crippen LogP contribution >= 0.6 is 0 Å². The molecule has 14 heavy (non-hydrogen) atoms. The van der Waals surface area contributed by atoms with E-state index in [-0.39, 0.29) is 5.78 Å². The Morgan fingerprint density at radius 3 is 3.07 bits per heavy atom. The summed E-state index contributed by atoms with van der Waals surface area (Å²) < 4.78 is 1.71. The van der Waals surface area contributed by atoms with Crippen LogP contribution in [0.3, 0.4) is 0 Å². The predicted molar refractivity (Wildman–Crippen MR) is 52.0 cm³/mol. The number of aromatic nitrogens is 3. The highest BCUT2D eigenvalue weighted by atomic mass is 16.1. The molecule has 0 atom stereocenters. The third-order valence-corrected chi connectivity index (χ3v) is 2.51. The van der Waals surface area contributed by atoms with E-state index in [2.05, 4.69) is 17.2 Å². The van der Waals surface area contributed by atoms with Gasteiger partial charge in [-0.2, -0.15) is 0 Å². The Kier molecular flexibility index (Phi) is 2.61. The van der Waals surface area contributed by atoms with Crippen LogP contribution in [-0.4, -0.2) is 20.8 Å². The van der Waals surface area contributed by atoms with Gasteiger partial charge in [0.15, 0.2) is 5.78 Å². The van der Waals surface area contributed by atoms with Crippen LogP contribution in [0.25, 0.3) is 0 Å². The average Bonchev–Trinajstić information content (AvgIpc) is 2.83. The highest BCUT2D eigenvalue weighted by Gasteiger charge is 2.26. The molecule has 0 saturated heterocycles. The van der Waals surface area contributed by atoms with Gasteiger partial charge in [-0.15, -0.1) is 5.10 Å². The number of ketones is 1. The molecule has 1 aliphatic rings. The van der Waals surface area contributed by atoms with Crippen molar-refractivity contribution in [1.29, 1.82) is 0 Å². The van der Waals surface area contributed by atoms with E-state index in [1.54, 1.807) is 10.9 Å². The number of hydrogen-bond donors (Lipinski definition) is 0. The lowest BCUT2D eigenvalue weighted by Crippen LogP contribution is -2.10. The third kappa shape index (κ3) is 2.00. The van der Waals surface area contributed by atoms with Crippen molar-refractivity contribution in [3.8, 4) is 0 Å². The summed E-state index contributed by atoms with van der Waals surface area (Å²) in [5.74, 6) is 0.832. The van der Waals surface area contributed by atoms with E-state index in [0.717, 1.165) is 13.0 Å². The van der Waals surface area contributed by atoms with Crippen LogP contribution in [0.1, 0.15) is 43.1 Å². The summed E-state index contributed by atoms with van der Waals surface area (Å²) >= 11 is 0. The molecule has 0 bridgehead atoms. The number of aryl methyl sites for hydroxylation is 1. The molecule has 1 saturated carbocycles. The SMILES string of the molecule is CCCn1nncc1C(=O)CC1CC1. The number of carbonyl (C=O) groups excluding carboxylic acids is 1. The Bertz CT molecular complexity index is 328. The molecule has 1 aromatic heterocycles. The molecule has 0 N–H and O–H groups in total. The molecule has 4 nitrogen and oxygen atoms in total. The molecular weight excluding hydrogens is 178 g/mol. The van der Waals surface area contributed by atoms with Gasteiger partial charge in [-0.3, -0.25) is 4.79 Å². The number of Topliss-reactive ketones (excluding diaryl/α,β-unsaturated/α-hetero) is 1. The zero-order valence-electron chi connectivity index (χ0n) is 8.44. The number of nitrogens with zero attached hydrogens (tertiary/aromatic N) is 3. The van der Waals surface area contributed by atoms with Crippen LogP contribution in [0, 0.1) is 5.92 Å². The maximum atomic E-state index is 11.8. The summed E-state index contributed by atoms with van der Waals surface area (Å²) in [7, 11) is 0. The molecule has 1 fully saturated rings. The Balaban J connectivity index is 2.04. The Morgan fingerprint density at radius 2 is 2.43 bits per heavy atom. The normalized spacial score (nSPS) is 15.8. The fourth-order valence-electron chi connectivity index (χ4n) is 1.54. The van der Waals surface area contributed by atoms with E-state index in [4.69, 9.17) is 0 Å². The van der Waals surface area contributed by atoms with Gasteiger partial charge < -0.3 is 0 Å². The molecule has 2 rings (SSSR count). The van der Waals surface area contributed by atoms with Crippen molar-refractivity contribution in [3.05, 3.63) is 11.9 Å². The zero-order valence-corrected chi connectivity index (χ0v) is 8.44. The number of hydrogen-bond acceptors (Lipinski definition) is 3. The molecule has 0 radical (unpaired) electrons. The van der Waals surface area contributed by atoms with Crippen LogP contribution in [-0.2, 0) is 6.54 Å². The second-order valence-electron chi connectivity index (χ2n) is 3.91. The van der Waals surface area contributed by atoms with Gasteiger partial charge in [0.1, 0.15) is 5.69 Å². The van der Waals surface area contributed by atoms with Crippen LogP contribution in [0.2, 0.25) is 0 Å². The van der Waals surface area contributed by atoms with E-state index < -0.39 is 0 Å². The van der Waals surface area contributed by atoms with Gasteiger partial charge in [-0.05, 0) is 25.2 Å². The topological polar surface area (TPSA) is 47.8 Å². The van der Waals surface area contributed by atoms with Gasteiger partial charge >= 0.3 is 0 Å². The molecule has 0 aromatic carbocycles. The summed E-state index contributed by atoms with van der Waals surface area (Å²) in [4.78, 5) is 11.8. The maximum Gasteiger partial charge on any atom is 0.182 e. The van der Waals surface area contributed by atoms with Crippen LogP contribution in [0.4, 0.5) is 0 Å². The van der Waals surface area contributed by atoms with Crippen molar-refractivity contribution in [2.75, 3.05) is 0 Å². The second-order valence-corrected chi connectivity index (χ2v) is 3.91.